The lowest BCUT2D eigenvalue weighted by atomic mass is 10.2. The average Bonchev–Trinajstić information content (AvgIpc) is 3.10. The average molecular weight is 374 g/mol. The maximum atomic E-state index is 12.7. The zero-order valence-corrected chi connectivity index (χ0v) is 15.4. The van der Waals surface area contributed by atoms with Crippen LogP contribution in [0.3, 0.4) is 0 Å². The van der Waals surface area contributed by atoms with Crippen molar-refractivity contribution >= 4 is 34.8 Å². The topological polar surface area (TPSA) is 145 Å². The largest absolute Gasteiger partial charge is 0.444 e. The van der Waals surface area contributed by atoms with Gasteiger partial charge in [-0.25, -0.2) is 9.31 Å². The highest BCUT2D eigenvalue weighted by Gasteiger charge is 2.35. The van der Waals surface area contributed by atoms with E-state index in [4.69, 9.17) is 16.2 Å². The number of rotatable bonds is 3. The summed E-state index contributed by atoms with van der Waals surface area (Å²) >= 11 is 0. The molecule has 0 saturated carbocycles. The first-order valence-corrected chi connectivity index (χ1v) is 8.44. The number of carbonyl (C=O) groups excluding carboxylic acids is 3. The van der Waals surface area contributed by atoms with E-state index in [1.54, 1.807) is 33.0 Å². The van der Waals surface area contributed by atoms with Gasteiger partial charge in [-0.3, -0.25) is 9.59 Å². The fraction of sp³-hybridized carbons (Fsp3) is 0.412. The van der Waals surface area contributed by atoms with E-state index in [0.717, 1.165) is 0 Å². The van der Waals surface area contributed by atoms with Crippen molar-refractivity contribution in [2.24, 2.45) is 5.73 Å². The van der Waals surface area contributed by atoms with Gasteiger partial charge < -0.3 is 26.4 Å². The fourth-order valence-electron chi connectivity index (χ4n) is 2.93. The normalized spacial score (nSPS) is 17.4. The number of hydrogen-bond donors (Lipinski definition) is 3. The van der Waals surface area contributed by atoms with Crippen LogP contribution in [0.25, 0.3) is 5.52 Å². The van der Waals surface area contributed by atoms with Crippen LogP contribution in [-0.2, 0) is 9.53 Å². The van der Waals surface area contributed by atoms with Crippen LogP contribution < -0.4 is 21.7 Å². The number of primary amides is 1. The molecule has 1 aliphatic heterocycles. The number of amides is 3. The van der Waals surface area contributed by atoms with Gasteiger partial charge in [-0.15, -0.1) is 0 Å². The van der Waals surface area contributed by atoms with Gasteiger partial charge in [0.05, 0.1) is 34.8 Å². The molecule has 144 valence electrons. The number of nitrogen functional groups attached to an aromatic ring is 1. The Kier molecular flexibility index (Phi) is 4.42. The van der Waals surface area contributed by atoms with E-state index in [9.17, 15) is 14.4 Å². The number of hydrogen-bond acceptors (Lipinski definition) is 6. The van der Waals surface area contributed by atoms with Gasteiger partial charge in [-0.2, -0.15) is 5.10 Å². The van der Waals surface area contributed by atoms with Gasteiger partial charge in [-0.05, 0) is 33.3 Å². The Morgan fingerprint density at radius 2 is 2.07 bits per heavy atom. The third kappa shape index (κ3) is 3.64. The molecule has 1 fully saturated rings. The second kappa shape index (κ2) is 6.45. The highest BCUT2D eigenvalue weighted by molar-refractivity contribution is 6.04. The van der Waals surface area contributed by atoms with Gasteiger partial charge in [0.1, 0.15) is 11.6 Å². The molecule has 0 unspecified atom stereocenters. The van der Waals surface area contributed by atoms with Crippen molar-refractivity contribution < 1.29 is 19.1 Å². The SMILES string of the molecule is CC(C)(C)OC(=O)N[C@H]1CCN(c2cc3c(N)c(C(N)=O)cnn3c2)C1=O. The number of anilines is 2. The third-order valence-electron chi connectivity index (χ3n) is 4.14. The summed E-state index contributed by atoms with van der Waals surface area (Å²) in [6.07, 6.45) is 2.72. The summed E-state index contributed by atoms with van der Waals surface area (Å²) in [5.74, 6) is -0.936. The second-order valence-corrected chi connectivity index (χ2v) is 7.34. The molecule has 0 aliphatic carbocycles. The number of nitrogens with two attached hydrogens (primary N) is 2. The molecule has 1 atom stereocenters. The number of carbonyl (C=O) groups is 3. The van der Waals surface area contributed by atoms with Crippen molar-refractivity contribution in [1.82, 2.24) is 14.9 Å². The predicted molar refractivity (Wildman–Crippen MR) is 98.3 cm³/mol. The molecular formula is C17H22N6O4. The van der Waals surface area contributed by atoms with E-state index < -0.39 is 23.6 Å². The van der Waals surface area contributed by atoms with Crippen molar-refractivity contribution in [3.05, 3.63) is 24.0 Å². The van der Waals surface area contributed by atoms with E-state index in [0.29, 0.717) is 24.2 Å². The van der Waals surface area contributed by atoms with Gasteiger partial charge in [0, 0.05) is 6.54 Å². The maximum absolute atomic E-state index is 12.7. The molecule has 10 nitrogen and oxygen atoms in total. The molecule has 27 heavy (non-hydrogen) atoms. The molecule has 0 spiro atoms. The number of nitrogens with zero attached hydrogens (tertiary/aromatic N) is 3. The van der Waals surface area contributed by atoms with Gasteiger partial charge in [0.2, 0.25) is 5.91 Å². The maximum Gasteiger partial charge on any atom is 0.408 e. The Balaban J connectivity index is 1.79. The van der Waals surface area contributed by atoms with Crippen LogP contribution >= 0.6 is 0 Å². The van der Waals surface area contributed by atoms with Crippen LogP contribution in [0.1, 0.15) is 37.6 Å². The quantitative estimate of drug-likeness (QED) is 0.719. The van der Waals surface area contributed by atoms with Crippen molar-refractivity contribution in [2.45, 2.75) is 38.8 Å². The summed E-state index contributed by atoms with van der Waals surface area (Å²) in [7, 11) is 0. The van der Waals surface area contributed by atoms with E-state index >= 15 is 0 Å². The van der Waals surface area contributed by atoms with Crippen molar-refractivity contribution in [2.75, 3.05) is 17.2 Å². The Labute approximate surface area is 155 Å². The summed E-state index contributed by atoms with van der Waals surface area (Å²) in [5, 5.41) is 6.69. The lowest BCUT2D eigenvalue weighted by molar-refractivity contribution is -0.118. The van der Waals surface area contributed by atoms with Crippen molar-refractivity contribution in [3.8, 4) is 0 Å². The number of fused-ring (bicyclic) bond motifs is 1. The van der Waals surface area contributed by atoms with Crippen LogP contribution in [0, 0.1) is 0 Å². The Morgan fingerprint density at radius 3 is 2.70 bits per heavy atom. The predicted octanol–water partition coefficient (Wildman–Crippen LogP) is 0.645. The Bertz CT molecular complexity index is 929. The molecule has 2 aromatic rings. The van der Waals surface area contributed by atoms with E-state index in [2.05, 4.69) is 10.4 Å². The van der Waals surface area contributed by atoms with Crippen LogP contribution in [0.2, 0.25) is 0 Å². The monoisotopic (exact) mass is 374 g/mol. The molecule has 0 bridgehead atoms. The van der Waals surface area contributed by atoms with E-state index in [-0.39, 0.29) is 17.2 Å². The summed E-state index contributed by atoms with van der Waals surface area (Å²) < 4.78 is 6.66. The van der Waals surface area contributed by atoms with E-state index in [1.165, 1.54) is 15.6 Å². The first-order chi connectivity index (χ1) is 12.6. The molecule has 3 rings (SSSR count). The lowest BCUT2D eigenvalue weighted by Gasteiger charge is -2.21. The number of nitrogens with one attached hydrogen (secondary N) is 1. The first kappa shape index (κ1) is 18.5. The molecule has 0 aromatic carbocycles. The molecular weight excluding hydrogens is 352 g/mol. The second-order valence-electron chi connectivity index (χ2n) is 7.34. The minimum Gasteiger partial charge on any atom is -0.444 e. The highest BCUT2D eigenvalue weighted by atomic mass is 16.6. The van der Waals surface area contributed by atoms with E-state index in [1.807, 2.05) is 0 Å². The Morgan fingerprint density at radius 1 is 1.37 bits per heavy atom. The molecule has 1 saturated heterocycles. The minimum absolute atomic E-state index is 0.115. The minimum atomic E-state index is -0.677. The molecule has 3 amide bonds. The van der Waals surface area contributed by atoms with Crippen molar-refractivity contribution in [1.29, 1.82) is 0 Å². The molecule has 5 N–H and O–H groups in total. The van der Waals surface area contributed by atoms with Gasteiger partial charge >= 0.3 is 6.09 Å². The van der Waals surface area contributed by atoms with Gasteiger partial charge in [0.15, 0.2) is 0 Å². The highest BCUT2D eigenvalue weighted by Crippen LogP contribution is 2.28. The standard InChI is InChI=1S/C17H22N6O4/c1-17(2,3)27-16(26)21-11-4-5-22(15(11)25)9-6-12-13(18)10(14(19)24)7-20-23(12)8-9/h6-8,11H,4-5,18H2,1-3H3,(H2,19,24)(H,21,26)/t11-/m0/s1. The van der Waals surface area contributed by atoms with Crippen LogP contribution in [0.15, 0.2) is 18.5 Å². The number of aromatic nitrogens is 2. The molecule has 3 heterocycles. The number of alkyl carbamates (subject to hydrolysis) is 1. The van der Waals surface area contributed by atoms with Crippen LogP contribution in [0.4, 0.5) is 16.2 Å². The molecule has 1 aliphatic rings. The van der Waals surface area contributed by atoms with Crippen LogP contribution in [0.5, 0.6) is 0 Å². The molecule has 10 heteroatoms. The van der Waals surface area contributed by atoms with Crippen molar-refractivity contribution in [3.63, 3.8) is 0 Å². The zero-order valence-electron chi connectivity index (χ0n) is 15.4. The molecule has 0 radical (unpaired) electrons. The summed E-state index contributed by atoms with van der Waals surface area (Å²) in [4.78, 5) is 37.5. The summed E-state index contributed by atoms with van der Waals surface area (Å²) in [5.41, 5.74) is 12.0. The first-order valence-electron chi connectivity index (χ1n) is 8.44. The van der Waals surface area contributed by atoms with Gasteiger partial charge in [-0.1, -0.05) is 0 Å². The van der Waals surface area contributed by atoms with Crippen LogP contribution in [-0.4, -0.2) is 45.7 Å². The Hall–Kier alpha value is -3.30. The van der Waals surface area contributed by atoms with Gasteiger partial charge in [0.25, 0.3) is 5.91 Å². The third-order valence-corrected chi connectivity index (χ3v) is 4.14. The smallest absolute Gasteiger partial charge is 0.408 e. The fourth-order valence-corrected chi connectivity index (χ4v) is 2.93. The summed E-state index contributed by atoms with van der Waals surface area (Å²) in [6, 6.07) is 0.983. The summed E-state index contributed by atoms with van der Waals surface area (Å²) in [6.45, 7) is 5.66. The number of ether oxygens (including phenoxy) is 1. The lowest BCUT2D eigenvalue weighted by Crippen LogP contribution is -2.43. The zero-order chi connectivity index (χ0) is 19.9. The molecule has 2 aromatic heterocycles.